The summed E-state index contributed by atoms with van der Waals surface area (Å²) >= 11 is 0. The van der Waals surface area contributed by atoms with Crippen molar-refractivity contribution in [2.45, 2.75) is 31.2 Å². The number of nitrogens with one attached hydrogen (secondary N) is 1. The Hall–Kier alpha value is -2.09. The van der Waals surface area contributed by atoms with Crippen LogP contribution >= 0.6 is 0 Å². The second kappa shape index (κ2) is 4.65. The Bertz CT molecular complexity index is 562. The molecule has 1 aromatic heterocycles. The minimum absolute atomic E-state index is 0.236. The zero-order valence-corrected chi connectivity index (χ0v) is 10.3. The summed E-state index contributed by atoms with van der Waals surface area (Å²) in [6, 6.07) is 5.06. The number of hydrogen-bond acceptors (Lipinski definition) is 3. The maximum absolute atomic E-state index is 12.0. The number of pyridine rings is 1. The molecule has 0 radical (unpaired) electrons. The fraction of sp³-hybridized carbons (Fsp3) is 0.462. The quantitative estimate of drug-likeness (QED) is 0.843. The SMILES string of the molecule is Cn1ccc(C(=O)NC2(C#N)CCCC2)cc1=O. The van der Waals surface area contributed by atoms with Gasteiger partial charge in [-0.15, -0.1) is 0 Å². The van der Waals surface area contributed by atoms with Crippen LogP contribution in [0.5, 0.6) is 0 Å². The third-order valence-corrected chi connectivity index (χ3v) is 3.39. The van der Waals surface area contributed by atoms with Crippen molar-refractivity contribution in [2.24, 2.45) is 7.05 Å². The van der Waals surface area contributed by atoms with E-state index < -0.39 is 5.54 Å². The molecule has 1 N–H and O–H groups in total. The molecule has 5 heteroatoms. The lowest BCUT2D eigenvalue weighted by Crippen LogP contribution is -2.45. The highest BCUT2D eigenvalue weighted by Crippen LogP contribution is 2.29. The van der Waals surface area contributed by atoms with Gasteiger partial charge in [0.15, 0.2) is 0 Å². The summed E-state index contributed by atoms with van der Waals surface area (Å²) in [4.78, 5) is 23.5. The van der Waals surface area contributed by atoms with Crippen molar-refractivity contribution in [2.75, 3.05) is 0 Å². The van der Waals surface area contributed by atoms with E-state index in [-0.39, 0.29) is 11.5 Å². The summed E-state index contributed by atoms with van der Waals surface area (Å²) < 4.78 is 1.40. The number of hydrogen-bond donors (Lipinski definition) is 1. The molecule has 0 saturated heterocycles. The molecule has 0 aromatic carbocycles. The molecule has 1 aromatic rings. The predicted octanol–water partition coefficient (Wildman–Crippen LogP) is 0.951. The number of nitrogens with zero attached hydrogens (tertiary/aromatic N) is 2. The predicted molar refractivity (Wildman–Crippen MR) is 66.0 cm³/mol. The average molecular weight is 245 g/mol. The van der Waals surface area contributed by atoms with Crippen LogP contribution in [0, 0.1) is 11.3 Å². The van der Waals surface area contributed by atoms with E-state index in [0.717, 1.165) is 12.8 Å². The van der Waals surface area contributed by atoms with Crippen molar-refractivity contribution in [1.29, 1.82) is 5.26 Å². The van der Waals surface area contributed by atoms with Crippen molar-refractivity contribution in [3.05, 3.63) is 34.2 Å². The maximum atomic E-state index is 12.0. The molecule has 1 saturated carbocycles. The van der Waals surface area contributed by atoms with Crippen molar-refractivity contribution in [1.82, 2.24) is 9.88 Å². The van der Waals surface area contributed by atoms with Gasteiger partial charge in [0.25, 0.3) is 11.5 Å². The Labute approximate surface area is 105 Å². The van der Waals surface area contributed by atoms with Gasteiger partial charge in [-0.25, -0.2) is 0 Å². The van der Waals surface area contributed by atoms with Gasteiger partial charge in [-0.3, -0.25) is 9.59 Å². The van der Waals surface area contributed by atoms with Crippen molar-refractivity contribution >= 4 is 5.91 Å². The summed E-state index contributed by atoms with van der Waals surface area (Å²) in [7, 11) is 1.62. The van der Waals surface area contributed by atoms with Crippen LogP contribution in [0.3, 0.4) is 0 Å². The molecule has 0 bridgehead atoms. The lowest BCUT2D eigenvalue weighted by Gasteiger charge is -2.21. The van der Waals surface area contributed by atoms with Crippen molar-refractivity contribution in [3.8, 4) is 6.07 Å². The fourth-order valence-electron chi connectivity index (χ4n) is 2.22. The standard InChI is InChI=1S/C13H15N3O2/c1-16-7-4-10(8-11(16)17)12(18)15-13(9-14)5-2-3-6-13/h4,7-8H,2-3,5-6H2,1H3,(H,15,18). The average Bonchev–Trinajstić information content (AvgIpc) is 2.82. The molecule has 0 aliphatic heterocycles. The van der Waals surface area contributed by atoms with E-state index in [1.54, 1.807) is 19.3 Å². The number of aryl methyl sites for hydroxylation is 1. The van der Waals surface area contributed by atoms with Crippen LogP contribution in [0.25, 0.3) is 0 Å². The van der Waals surface area contributed by atoms with E-state index in [2.05, 4.69) is 11.4 Å². The topological polar surface area (TPSA) is 74.9 Å². The van der Waals surface area contributed by atoms with E-state index in [0.29, 0.717) is 18.4 Å². The molecule has 0 unspecified atom stereocenters. The fourth-order valence-corrected chi connectivity index (χ4v) is 2.22. The van der Waals surface area contributed by atoms with Crippen LogP contribution in [0.4, 0.5) is 0 Å². The molecule has 18 heavy (non-hydrogen) atoms. The molecule has 0 spiro atoms. The Morgan fingerprint density at radius 2 is 2.17 bits per heavy atom. The third kappa shape index (κ3) is 2.28. The molecule has 5 nitrogen and oxygen atoms in total. The van der Waals surface area contributed by atoms with Crippen molar-refractivity contribution in [3.63, 3.8) is 0 Å². The summed E-state index contributed by atoms with van der Waals surface area (Å²) in [5, 5.41) is 11.9. The Balaban J connectivity index is 2.19. The van der Waals surface area contributed by atoms with Crippen LogP contribution in [-0.2, 0) is 7.05 Å². The van der Waals surface area contributed by atoms with Gasteiger partial charge in [-0.05, 0) is 31.7 Å². The lowest BCUT2D eigenvalue weighted by atomic mass is 9.99. The van der Waals surface area contributed by atoms with E-state index in [1.807, 2.05) is 0 Å². The highest BCUT2D eigenvalue weighted by Gasteiger charge is 2.35. The first kappa shape index (κ1) is 12.4. The van der Waals surface area contributed by atoms with Gasteiger partial charge in [0.2, 0.25) is 0 Å². The second-order valence-corrected chi connectivity index (χ2v) is 4.72. The van der Waals surface area contributed by atoms with E-state index in [4.69, 9.17) is 0 Å². The Morgan fingerprint density at radius 3 is 2.72 bits per heavy atom. The molecule has 1 fully saturated rings. The van der Waals surface area contributed by atoms with Gasteiger partial charge in [0, 0.05) is 24.9 Å². The molecular formula is C13H15N3O2. The zero-order valence-electron chi connectivity index (χ0n) is 10.3. The zero-order chi connectivity index (χ0) is 13.2. The first-order valence-electron chi connectivity index (χ1n) is 5.97. The van der Waals surface area contributed by atoms with Gasteiger partial charge in [-0.2, -0.15) is 5.26 Å². The molecule has 0 atom stereocenters. The number of amides is 1. The van der Waals surface area contributed by atoms with Crippen LogP contribution < -0.4 is 10.9 Å². The van der Waals surface area contributed by atoms with Gasteiger partial charge in [0.05, 0.1) is 6.07 Å². The first-order valence-corrected chi connectivity index (χ1v) is 5.97. The van der Waals surface area contributed by atoms with Crippen LogP contribution in [0.15, 0.2) is 23.1 Å². The molecule has 1 aliphatic carbocycles. The molecule has 94 valence electrons. The summed E-state index contributed by atoms with van der Waals surface area (Å²) in [5.41, 5.74) is -0.683. The van der Waals surface area contributed by atoms with Gasteiger partial charge in [-0.1, -0.05) is 0 Å². The van der Waals surface area contributed by atoms with Gasteiger partial charge in [0.1, 0.15) is 5.54 Å². The van der Waals surface area contributed by atoms with E-state index >= 15 is 0 Å². The molecule has 2 rings (SSSR count). The number of carbonyl (C=O) groups is 1. The Morgan fingerprint density at radius 1 is 1.50 bits per heavy atom. The van der Waals surface area contributed by atoms with Crippen molar-refractivity contribution < 1.29 is 4.79 Å². The largest absolute Gasteiger partial charge is 0.334 e. The van der Waals surface area contributed by atoms with Gasteiger partial charge < -0.3 is 9.88 Å². The number of aromatic nitrogens is 1. The number of nitriles is 1. The second-order valence-electron chi connectivity index (χ2n) is 4.72. The Kier molecular flexibility index (Phi) is 3.19. The first-order chi connectivity index (χ1) is 8.56. The van der Waals surface area contributed by atoms with E-state index in [9.17, 15) is 14.9 Å². The number of carbonyl (C=O) groups excluding carboxylic acids is 1. The minimum Gasteiger partial charge on any atom is -0.334 e. The van der Waals surface area contributed by atoms with E-state index in [1.165, 1.54) is 10.6 Å². The molecule has 1 heterocycles. The monoisotopic (exact) mass is 245 g/mol. The van der Waals surface area contributed by atoms with Crippen LogP contribution in [-0.4, -0.2) is 16.0 Å². The summed E-state index contributed by atoms with van der Waals surface area (Å²) in [5.74, 6) is -0.351. The lowest BCUT2D eigenvalue weighted by molar-refractivity contribution is 0.0920. The third-order valence-electron chi connectivity index (χ3n) is 3.39. The molecular weight excluding hydrogens is 230 g/mol. The van der Waals surface area contributed by atoms with Crippen LogP contribution in [0.2, 0.25) is 0 Å². The minimum atomic E-state index is -0.752. The normalized spacial score (nSPS) is 17.1. The molecule has 1 amide bonds. The highest BCUT2D eigenvalue weighted by atomic mass is 16.2. The molecule has 1 aliphatic rings. The van der Waals surface area contributed by atoms with Crippen LogP contribution in [0.1, 0.15) is 36.0 Å². The highest BCUT2D eigenvalue weighted by molar-refractivity contribution is 5.94. The summed E-state index contributed by atoms with van der Waals surface area (Å²) in [6.45, 7) is 0. The number of rotatable bonds is 2. The smallest absolute Gasteiger partial charge is 0.252 e. The summed E-state index contributed by atoms with van der Waals surface area (Å²) in [6.07, 6.45) is 4.81. The maximum Gasteiger partial charge on any atom is 0.252 e. The van der Waals surface area contributed by atoms with Gasteiger partial charge >= 0.3 is 0 Å².